The summed E-state index contributed by atoms with van der Waals surface area (Å²) in [6.45, 7) is 10.4. The van der Waals surface area contributed by atoms with E-state index in [9.17, 15) is 24.3 Å². The first kappa shape index (κ1) is 26.9. The number of rotatable bonds is 5. The van der Waals surface area contributed by atoms with E-state index < -0.39 is 40.6 Å². The second-order valence-corrected chi connectivity index (χ2v) is 10.2. The summed E-state index contributed by atoms with van der Waals surface area (Å²) in [5.41, 5.74) is 5.36. The first-order valence-corrected chi connectivity index (χ1v) is 11.5. The third-order valence-corrected chi connectivity index (χ3v) is 6.60. The Kier molecular flexibility index (Phi) is 8.10. The number of hydrogen-bond donors (Lipinski definition) is 4. The number of nitrogen functional groups attached to an aromatic ring is 1. The number of amides is 2. The zero-order valence-corrected chi connectivity index (χ0v) is 20.7. The van der Waals surface area contributed by atoms with Gasteiger partial charge < -0.3 is 26.1 Å². The van der Waals surface area contributed by atoms with Crippen LogP contribution < -0.4 is 11.1 Å². The average molecular weight is 512 g/mol. The fraction of sp³-hybridized carbons (Fsp3) is 0.400. The lowest BCUT2D eigenvalue weighted by molar-refractivity contribution is -0.150. The number of allylic oxidation sites excluding steroid dienone is 1. The lowest BCUT2D eigenvalue weighted by atomic mass is 9.98. The number of carbonyl (C=O) groups excluding carboxylic acids is 2. The molecular weight excluding hydrogens is 486 g/mol. The van der Waals surface area contributed by atoms with E-state index in [0.29, 0.717) is 10.5 Å². The number of fused-ring (bicyclic) bond motifs is 1. The van der Waals surface area contributed by atoms with Gasteiger partial charge in [0.1, 0.15) is 29.9 Å². The number of carbonyl (C=O) groups is 4. The number of hydrogen-bond acceptors (Lipinski definition) is 10. The van der Waals surface area contributed by atoms with Crippen LogP contribution in [0.1, 0.15) is 33.4 Å². The molecule has 0 radical (unpaired) electrons. The van der Waals surface area contributed by atoms with Crippen molar-refractivity contribution in [2.24, 2.45) is 10.6 Å². The Bertz CT molecular complexity index is 1100. The fourth-order valence-corrected chi connectivity index (χ4v) is 4.42. The van der Waals surface area contributed by atoms with Crippen molar-refractivity contribution in [3.8, 4) is 0 Å². The smallest absolute Gasteiger partial charge is 0.352 e. The Labute approximate surface area is 203 Å². The van der Waals surface area contributed by atoms with Crippen LogP contribution in [0.2, 0.25) is 0 Å². The highest BCUT2D eigenvalue weighted by molar-refractivity contribution is 8.04. The molecule has 0 aliphatic carbocycles. The first-order chi connectivity index (χ1) is 15.7. The molecule has 14 heteroatoms. The van der Waals surface area contributed by atoms with Crippen molar-refractivity contribution in [3.05, 3.63) is 33.8 Å². The second kappa shape index (κ2) is 10.3. The number of thiazole rings is 1. The van der Waals surface area contributed by atoms with Crippen LogP contribution >= 0.6 is 23.1 Å². The SMILES string of the molecule is C=C1S[C@@H]2[C@H](NC(=O)/C(=N\OC)c3csc(N)n3)C(=O)N2C(C(=O)O)=C1C.CC(C)(C)C(=O)O. The molecule has 0 bridgehead atoms. The maximum Gasteiger partial charge on any atom is 0.352 e. The molecule has 3 heterocycles. The maximum atomic E-state index is 12.6. The molecule has 2 amide bonds. The van der Waals surface area contributed by atoms with Gasteiger partial charge in [0.25, 0.3) is 11.8 Å². The fourth-order valence-electron chi connectivity index (χ4n) is 2.67. The number of aliphatic carboxylic acids is 2. The number of aromatic nitrogens is 1. The molecule has 0 aromatic carbocycles. The highest BCUT2D eigenvalue weighted by Crippen LogP contribution is 2.45. The van der Waals surface area contributed by atoms with Crippen molar-refractivity contribution in [3.63, 3.8) is 0 Å². The summed E-state index contributed by atoms with van der Waals surface area (Å²) in [5.74, 6) is -3.20. The number of thioether (sulfide) groups is 1. The Morgan fingerprint density at radius 1 is 1.32 bits per heavy atom. The maximum absolute atomic E-state index is 12.6. The minimum Gasteiger partial charge on any atom is -0.481 e. The Morgan fingerprint density at radius 2 is 1.91 bits per heavy atom. The summed E-state index contributed by atoms with van der Waals surface area (Å²) in [7, 11) is 1.27. The van der Waals surface area contributed by atoms with E-state index in [2.05, 4.69) is 26.9 Å². The zero-order chi connectivity index (χ0) is 26.0. The summed E-state index contributed by atoms with van der Waals surface area (Å²) in [4.78, 5) is 57.0. The van der Waals surface area contributed by atoms with Gasteiger partial charge in [0.05, 0.1) is 5.41 Å². The second-order valence-electron chi connectivity index (χ2n) is 8.12. The molecule has 2 aliphatic heterocycles. The van der Waals surface area contributed by atoms with Crippen LogP contribution in [0.25, 0.3) is 0 Å². The van der Waals surface area contributed by atoms with Crippen molar-refractivity contribution in [2.75, 3.05) is 12.8 Å². The number of carboxylic acid groups (broad SMARTS) is 2. The summed E-state index contributed by atoms with van der Waals surface area (Å²) in [5, 5.41) is 25.0. The van der Waals surface area contributed by atoms with Crippen LogP contribution in [0.5, 0.6) is 0 Å². The lowest BCUT2D eigenvalue weighted by Gasteiger charge is -2.49. The van der Waals surface area contributed by atoms with Gasteiger partial charge in [-0.1, -0.05) is 23.5 Å². The molecule has 0 spiro atoms. The van der Waals surface area contributed by atoms with E-state index in [4.69, 9.17) is 10.8 Å². The van der Waals surface area contributed by atoms with Crippen LogP contribution in [0.4, 0.5) is 5.13 Å². The van der Waals surface area contributed by atoms with E-state index in [-0.39, 0.29) is 22.2 Å². The van der Waals surface area contributed by atoms with Gasteiger partial charge in [-0.3, -0.25) is 19.3 Å². The summed E-state index contributed by atoms with van der Waals surface area (Å²) in [6.07, 6.45) is 0. The largest absolute Gasteiger partial charge is 0.481 e. The molecule has 5 N–H and O–H groups in total. The van der Waals surface area contributed by atoms with E-state index in [1.807, 2.05) is 0 Å². The number of carboxylic acids is 2. The Balaban J connectivity index is 0.000000509. The monoisotopic (exact) mass is 511 g/mol. The van der Waals surface area contributed by atoms with Gasteiger partial charge in [-0.15, -0.1) is 11.3 Å². The van der Waals surface area contributed by atoms with E-state index >= 15 is 0 Å². The minimum atomic E-state index is -1.23. The van der Waals surface area contributed by atoms with Crippen LogP contribution in [0.15, 0.2) is 33.3 Å². The predicted molar refractivity (Wildman–Crippen MR) is 127 cm³/mol. The normalized spacial score (nSPS) is 20.0. The number of nitrogens with one attached hydrogen (secondary N) is 1. The summed E-state index contributed by atoms with van der Waals surface area (Å²) in [6, 6.07) is -0.931. The molecule has 0 saturated carbocycles. The number of nitrogens with zero attached hydrogens (tertiary/aromatic N) is 3. The highest BCUT2D eigenvalue weighted by Gasteiger charge is 2.54. The van der Waals surface area contributed by atoms with Gasteiger partial charge in [-0.05, 0) is 33.3 Å². The van der Waals surface area contributed by atoms with Crippen molar-refractivity contribution in [2.45, 2.75) is 39.1 Å². The number of β-lactam (4-membered cyclic amide) rings is 1. The molecule has 3 rings (SSSR count). The molecule has 1 aromatic rings. The quantitative estimate of drug-likeness (QED) is 0.256. The zero-order valence-electron chi connectivity index (χ0n) is 19.1. The number of oxime groups is 1. The van der Waals surface area contributed by atoms with Crippen molar-refractivity contribution < 1.29 is 34.2 Å². The molecular formula is C20H25N5O7S2. The first-order valence-electron chi connectivity index (χ1n) is 9.70. The predicted octanol–water partition coefficient (Wildman–Crippen LogP) is 1.47. The standard InChI is InChI=1S/C15H15N5O5S2.C5H10O2/c1-5-6(2)27-13-9(12(22)20(13)10(5)14(23)24)18-11(21)8(19-25-3)7-4-26-15(16)17-7;1-5(2,3)4(6)7/h4,9,13H,2H2,1,3H3,(H2,16,17)(H,18,21)(H,23,24);1-3H3,(H,6,7)/b19-8-;/t9-,13-;/m1./s1. The minimum absolute atomic E-state index is 0.127. The van der Waals surface area contributed by atoms with Crippen molar-refractivity contribution in [1.82, 2.24) is 15.2 Å². The van der Waals surface area contributed by atoms with Crippen LogP contribution in [-0.2, 0) is 24.0 Å². The van der Waals surface area contributed by atoms with Gasteiger partial charge in [-0.2, -0.15) is 0 Å². The van der Waals surface area contributed by atoms with Crippen LogP contribution in [-0.4, -0.2) is 68.1 Å². The van der Waals surface area contributed by atoms with E-state index in [0.717, 1.165) is 16.2 Å². The average Bonchev–Trinajstić information content (AvgIpc) is 3.17. The molecule has 2 atom stereocenters. The molecule has 1 fully saturated rings. The van der Waals surface area contributed by atoms with Crippen LogP contribution in [0, 0.1) is 5.41 Å². The third kappa shape index (κ3) is 5.56. The highest BCUT2D eigenvalue weighted by atomic mass is 32.2. The Morgan fingerprint density at radius 3 is 2.35 bits per heavy atom. The van der Waals surface area contributed by atoms with Crippen molar-refractivity contribution in [1.29, 1.82) is 0 Å². The lowest BCUT2D eigenvalue weighted by Crippen LogP contribution is -2.70. The van der Waals surface area contributed by atoms with E-state index in [1.165, 1.54) is 24.3 Å². The molecule has 12 nitrogen and oxygen atoms in total. The third-order valence-electron chi connectivity index (χ3n) is 4.61. The number of nitrogens with two attached hydrogens (primary N) is 1. The van der Waals surface area contributed by atoms with Gasteiger partial charge in [0.2, 0.25) is 0 Å². The molecule has 2 aliphatic rings. The molecule has 1 aromatic heterocycles. The van der Waals surface area contributed by atoms with Gasteiger partial charge in [0, 0.05) is 10.3 Å². The Hall–Kier alpha value is -3.39. The van der Waals surface area contributed by atoms with Gasteiger partial charge >= 0.3 is 11.9 Å². The summed E-state index contributed by atoms with van der Waals surface area (Å²) >= 11 is 2.34. The molecule has 1 saturated heterocycles. The molecule has 184 valence electrons. The molecule has 34 heavy (non-hydrogen) atoms. The number of anilines is 1. The van der Waals surface area contributed by atoms with Gasteiger partial charge in [0.15, 0.2) is 10.8 Å². The van der Waals surface area contributed by atoms with Crippen molar-refractivity contribution >= 4 is 57.7 Å². The van der Waals surface area contributed by atoms with Crippen LogP contribution in [0.3, 0.4) is 0 Å². The van der Waals surface area contributed by atoms with Gasteiger partial charge in [-0.25, -0.2) is 9.78 Å². The summed E-state index contributed by atoms with van der Waals surface area (Å²) < 4.78 is 0. The van der Waals surface area contributed by atoms with E-state index in [1.54, 1.807) is 27.7 Å². The topological polar surface area (TPSA) is 185 Å². The molecule has 0 unspecified atom stereocenters.